The van der Waals surface area contributed by atoms with Crippen LogP contribution in [0, 0.1) is 0 Å². The average Bonchev–Trinajstić information content (AvgIpc) is 1.88. The van der Waals surface area contributed by atoms with Crippen LogP contribution in [0.15, 0.2) is 0 Å². The molecule has 0 radical (unpaired) electrons. The van der Waals surface area contributed by atoms with Crippen molar-refractivity contribution in [2.45, 2.75) is 20.3 Å². The van der Waals surface area contributed by atoms with Crippen LogP contribution in [-0.4, -0.2) is 26.7 Å². The second kappa shape index (κ2) is 6.01. The van der Waals surface area contributed by atoms with Gasteiger partial charge in [-0.05, 0) is 20.9 Å². The zero-order valence-corrected chi connectivity index (χ0v) is 6.31. The van der Waals surface area contributed by atoms with Gasteiger partial charge in [0, 0.05) is 13.2 Å². The van der Waals surface area contributed by atoms with E-state index in [2.05, 4.69) is 5.32 Å². The molecule has 0 aromatic heterocycles. The molecule has 56 valence electrons. The molecule has 3 nitrogen and oxygen atoms in total. The van der Waals surface area contributed by atoms with E-state index >= 15 is 0 Å². The standard InChI is InChI=1S/C6H15NO2/c1-4-8-6(7-3)9-5-2/h6-7H,4-5H2,1-3H3. The summed E-state index contributed by atoms with van der Waals surface area (Å²) in [6, 6.07) is 0. The third-order valence-corrected chi connectivity index (χ3v) is 0.872. The van der Waals surface area contributed by atoms with Crippen LogP contribution in [-0.2, 0) is 9.47 Å². The van der Waals surface area contributed by atoms with Crippen molar-refractivity contribution in [3.63, 3.8) is 0 Å². The van der Waals surface area contributed by atoms with Crippen molar-refractivity contribution in [2.75, 3.05) is 20.3 Å². The maximum atomic E-state index is 5.10. The van der Waals surface area contributed by atoms with E-state index in [1.54, 1.807) is 7.05 Å². The highest BCUT2D eigenvalue weighted by Crippen LogP contribution is 1.87. The first kappa shape index (κ1) is 8.88. The minimum Gasteiger partial charge on any atom is -0.340 e. The van der Waals surface area contributed by atoms with Crippen LogP contribution in [0.2, 0.25) is 0 Å². The predicted molar refractivity (Wildman–Crippen MR) is 36.1 cm³/mol. The van der Waals surface area contributed by atoms with Gasteiger partial charge in [-0.25, -0.2) is 0 Å². The predicted octanol–water partition coefficient (Wildman–Crippen LogP) is 0.562. The third kappa shape index (κ3) is 4.39. The lowest BCUT2D eigenvalue weighted by Crippen LogP contribution is -2.31. The van der Waals surface area contributed by atoms with E-state index in [0.29, 0.717) is 13.2 Å². The van der Waals surface area contributed by atoms with Crippen molar-refractivity contribution < 1.29 is 9.47 Å². The summed E-state index contributed by atoms with van der Waals surface area (Å²) < 4.78 is 10.2. The Kier molecular flexibility index (Phi) is 5.93. The molecule has 0 aliphatic carbocycles. The molecule has 0 rings (SSSR count). The molecule has 0 aromatic rings. The van der Waals surface area contributed by atoms with Gasteiger partial charge in [0.25, 0.3) is 0 Å². The van der Waals surface area contributed by atoms with Gasteiger partial charge in [-0.1, -0.05) is 0 Å². The average molecular weight is 133 g/mol. The normalized spacial score (nSPS) is 10.7. The number of hydrogen-bond acceptors (Lipinski definition) is 3. The molecule has 0 aliphatic rings. The number of rotatable bonds is 5. The van der Waals surface area contributed by atoms with Crippen LogP contribution >= 0.6 is 0 Å². The number of hydrogen-bond donors (Lipinski definition) is 1. The maximum Gasteiger partial charge on any atom is 0.215 e. The molecule has 3 heteroatoms. The molecule has 0 heterocycles. The fraction of sp³-hybridized carbons (Fsp3) is 1.00. The first-order chi connectivity index (χ1) is 4.35. The molecule has 1 N–H and O–H groups in total. The van der Waals surface area contributed by atoms with Gasteiger partial charge in [0.1, 0.15) is 0 Å². The van der Waals surface area contributed by atoms with E-state index in [9.17, 15) is 0 Å². The van der Waals surface area contributed by atoms with E-state index < -0.39 is 0 Å². The van der Waals surface area contributed by atoms with Gasteiger partial charge in [-0.15, -0.1) is 0 Å². The molecular weight excluding hydrogens is 118 g/mol. The summed E-state index contributed by atoms with van der Waals surface area (Å²) in [4.78, 5) is 0. The molecule has 0 aliphatic heterocycles. The Morgan fingerprint density at radius 3 is 1.89 bits per heavy atom. The van der Waals surface area contributed by atoms with Crippen molar-refractivity contribution in [1.29, 1.82) is 0 Å². The largest absolute Gasteiger partial charge is 0.340 e. The number of ether oxygens (including phenoxy) is 2. The molecular formula is C6H15NO2. The number of nitrogens with one attached hydrogen (secondary N) is 1. The van der Waals surface area contributed by atoms with E-state index in [4.69, 9.17) is 9.47 Å². The lowest BCUT2D eigenvalue weighted by atomic mass is 10.8. The highest BCUT2D eigenvalue weighted by molar-refractivity contribution is 4.31. The Morgan fingerprint density at radius 2 is 1.67 bits per heavy atom. The van der Waals surface area contributed by atoms with Gasteiger partial charge in [-0.3, -0.25) is 5.32 Å². The molecule has 0 aromatic carbocycles. The van der Waals surface area contributed by atoms with Gasteiger partial charge in [0.15, 0.2) is 0 Å². The second-order valence-corrected chi connectivity index (χ2v) is 1.53. The van der Waals surface area contributed by atoms with Crippen LogP contribution in [0.25, 0.3) is 0 Å². The SMILES string of the molecule is CCOC(NC)OCC. The zero-order valence-electron chi connectivity index (χ0n) is 6.31. The van der Waals surface area contributed by atoms with Crippen LogP contribution in [0.4, 0.5) is 0 Å². The van der Waals surface area contributed by atoms with Crippen molar-refractivity contribution in [1.82, 2.24) is 5.32 Å². The lowest BCUT2D eigenvalue weighted by molar-refractivity contribution is -0.151. The minimum atomic E-state index is -0.236. The van der Waals surface area contributed by atoms with Crippen LogP contribution in [0.3, 0.4) is 0 Å². The Balaban J connectivity index is 3.18. The molecule has 0 spiro atoms. The molecule has 0 fully saturated rings. The first-order valence-electron chi connectivity index (χ1n) is 3.25. The summed E-state index contributed by atoms with van der Waals surface area (Å²) in [5, 5.41) is 2.86. The summed E-state index contributed by atoms with van der Waals surface area (Å²) >= 11 is 0. The summed E-state index contributed by atoms with van der Waals surface area (Å²) in [5.74, 6) is 0. The molecule has 0 atom stereocenters. The maximum absolute atomic E-state index is 5.10. The van der Waals surface area contributed by atoms with E-state index in [0.717, 1.165) is 0 Å². The van der Waals surface area contributed by atoms with Crippen LogP contribution in [0.5, 0.6) is 0 Å². The zero-order chi connectivity index (χ0) is 7.11. The van der Waals surface area contributed by atoms with Crippen LogP contribution in [0.1, 0.15) is 13.8 Å². The molecule has 0 bridgehead atoms. The minimum absolute atomic E-state index is 0.236. The molecule has 9 heavy (non-hydrogen) atoms. The Morgan fingerprint density at radius 1 is 1.22 bits per heavy atom. The molecule has 0 unspecified atom stereocenters. The quantitative estimate of drug-likeness (QED) is 0.556. The molecule has 0 saturated heterocycles. The van der Waals surface area contributed by atoms with Gasteiger partial charge >= 0.3 is 0 Å². The highest BCUT2D eigenvalue weighted by Gasteiger charge is 2.00. The van der Waals surface area contributed by atoms with Gasteiger partial charge in [-0.2, -0.15) is 0 Å². The topological polar surface area (TPSA) is 30.5 Å². The van der Waals surface area contributed by atoms with E-state index in [-0.39, 0.29) is 6.41 Å². The Bertz CT molecular complexity index is 53.0. The molecule has 0 amide bonds. The van der Waals surface area contributed by atoms with Crippen molar-refractivity contribution in [2.24, 2.45) is 0 Å². The van der Waals surface area contributed by atoms with Crippen LogP contribution < -0.4 is 5.32 Å². The van der Waals surface area contributed by atoms with Gasteiger partial charge < -0.3 is 9.47 Å². The summed E-state index contributed by atoms with van der Waals surface area (Å²) in [7, 11) is 1.80. The van der Waals surface area contributed by atoms with Crippen molar-refractivity contribution in [3.05, 3.63) is 0 Å². The molecule has 0 saturated carbocycles. The Labute approximate surface area is 56.3 Å². The van der Waals surface area contributed by atoms with E-state index in [1.165, 1.54) is 0 Å². The van der Waals surface area contributed by atoms with Gasteiger partial charge in [0.2, 0.25) is 6.41 Å². The third-order valence-electron chi connectivity index (χ3n) is 0.872. The van der Waals surface area contributed by atoms with Crippen molar-refractivity contribution >= 4 is 0 Å². The van der Waals surface area contributed by atoms with Crippen molar-refractivity contribution in [3.8, 4) is 0 Å². The fourth-order valence-electron chi connectivity index (χ4n) is 0.518. The monoisotopic (exact) mass is 133 g/mol. The fourth-order valence-corrected chi connectivity index (χ4v) is 0.518. The Hall–Kier alpha value is -0.120. The second-order valence-electron chi connectivity index (χ2n) is 1.53. The summed E-state index contributed by atoms with van der Waals surface area (Å²) in [6.45, 7) is 5.21. The smallest absolute Gasteiger partial charge is 0.215 e. The summed E-state index contributed by atoms with van der Waals surface area (Å²) in [6.07, 6.45) is -0.236. The van der Waals surface area contributed by atoms with E-state index in [1.807, 2.05) is 13.8 Å². The lowest BCUT2D eigenvalue weighted by Gasteiger charge is -2.14. The summed E-state index contributed by atoms with van der Waals surface area (Å²) in [5.41, 5.74) is 0. The van der Waals surface area contributed by atoms with Gasteiger partial charge in [0.05, 0.1) is 0 Å². The first-order valence-corrected chi connectivity index (χ1v) is 3.25. The highest BCUT2D eigenvalue weighted by atomic mass is 16.7.